The molecule has 1 aromatic rings. The molecule has 33 heavy (non-hydrogen) atoms. The summed E-state index contributed by atoms with van der Waals surface area (Å²) in [5, 5.41) is 0. The van der Waals surface area contributed by atoms with Gasteiger partial charge in [0.2, 0.25) is 0 Å². The van der Waals surface area contributed by atoms with E-state index in [1.165, 1.54) is 6.07 Å². The van der Waals surface area contributed by atoms with Crippen LogP contribution in [-0.2, 0) is 14.0 Å². The van der Waals surface area contributed by atoms with Gasteiger partial charge < -0.3 is 28.6 Å². The average Bonchev–Trinajstić information content (AvgIpc) is 2.95. The quantitative estimate of drug-likeness (QED) is 0.622. The van der Waals surface area contributed by atoms with Gasteiger partial charge in [-0.1, -0.05) is 13.8 Å². The number of nitrogens with zero attached hydrogens (tertiary/aromatic N) is 2. The lowest BCUT2D eigenvalue weighted by Crippen LogP contribution is -2.50. The standard InChI is InChI=1S/C22H34BFN2O5.C2H6/c1-20(2,3)29-19(27)26-11-9-25(10-12-26)17-14-18(28-8)15(13-16(17)24)23-30-21(4,5)22(6,7)31-23;1-2/h13-14H,9-12H2,1-8H3;1-2H3. The van der Waals surface area contributed by atoms with Crippen molar-refractivity contribution in [3.05, 3.63) is 17.9 Å². The molecule has 186 valence electrons. The van der Waals surface area contributed by atoms with Crippen LogP contribution >= 0.6 is 0 Å². The zero-order valence-electron chi connectivity index (χ0n) is 21.9. The summed E-state index contributed by atoms with van der Waals surface area (Å²) in [5.41, 5.74) is -0.654. The maximum absolute atomic E-state index is 15.2. The number of amides is 1. The molecular weight excluding hydrogens is 426 g/mol. The topological polar surface area (TPSA) is 60.5 Å². The van der Waals surface area contributed by atoms with Crippen molar-refractivity contribution in [3.8, 4) is 5.75 Å². The van der Waals surface area contributed by atoms with Gasteiger partial charge in [-0.25, -0.2) is 9.18 Å². The summed E-state index contributed by atoms with van der Waals surface area (Å²) in [6, 6.07) is 3.11. The molecule has 0 unspecified atom stereocenters. The molecular formula is C24H40BFN2O5. The molecule has 0 N–H and O–H groups in total. The Morgan fingerprint density at radius 2 is 1.55 bits per heavy atom. The number of carbonyl (C=O) groups excluding carboxylic acids is 1. The fraction of sp³-hybridized carbons (Fsp3) is 0.708. The number of piperazine rings is 1. The Morgan fingerprint density at radius 3 is 2.00 bits per heavy atom. The Balaban J connectivity index is 0.00000187. The monoisotopic (exact) mass is 466 g/mol. The first-order valence-corrected chi connectivity index (χ1v) is 11.7. The molecule has 0 aromatic heterocycles. The lowest BCUT2D eigenvalue weighted by molar-refractivity contribution is 0.00578. The molecule has 2 saturated heterocycles. The maximum atomic E-state index is 15.2. The Kier molecular flexibility index (Phi) is 8.34. The van der Waals surface area contributed by atoms with Crippen LogP contribution in [0.3, 0.4) is 0 Å². The van der Waals surface area contributed by atoms with Gasteiger partial charge in [0.1, 0.15) is 17.2 Å². The summed E-state index contributed by atoms with van der Waals surface area (Å²) in [7, 11) is 0.833. The molecule has 0 bridgehead atoms. The molecule has 0 atom stereocenters. The van der Waals surface area contributed by atoms with Crippen LogP contribution in [0.25, 0.3) is 0 Å². The number of methoxy groups -OCH3 is 1. The minimum absolute atomic E-state index is 0.346. The molecule has 7 nitrogen and oxygen atoms in total. The summed E-state index contributed by atoms with van der Waals surface area (Å²) in [6.07, 6.45) is -0.346. The van der Waals surface area contributed by atoms with E-state index in [1.807, 2.05) is 67.2 Å². The van der Waals surface area contributed by atoms with E-state index in [1.54, 1.807) is 18.1 Å². The summed E-state index contributed by atoms with van der Waals surface area (Å²) >= 11 is 0. The number of anilines is 1. The van der Waals surface area contributed by atoms with Crippen molar-refractivity contribution in [2.75, 3.05) is 38.2 Å². The highest BCUT2D eigenvalue weighted by Crippen LogP contribution is 2.38. The smallest absolute Gasteiger partial charge is 0.497 e. The van der Waals surface area contributed by atoms with Crippen molar-refractivity contribution in [1.82, 2.24) is 4.90 Å². The van der Waals surface area contributed by atoms with Crippen molar-refractivity contribution in [1.29, 1.82) is 0 Å². The van der Waals surface area contributed by atoms with Crippen LogP contribution < -0.4 is 15.1 Å². The number of hydrogen-bond acceptors (Lipinski definition) is 6. The van der Waals surface area contributed by atoms with E-state index < -0.39 is 23.9 Å². The lowest BCUT2D eigenvalue weighted by Gasteiger charge is -2.37. The number of hydrogen-bond donors (Lipinski definition) is 0. The van der Waals surface area contributed by atoms with Gasteiger partial charge >= 0.3 is 13.2 Å². The average molecular weight is 466 g/mol. The third kappa shape index (κ3) is 6.12. The van der Waals surface area contributed by atoms with Crippen LogP contribution in [0.15, 0.2) is 12.1 Å². The van der Waals surface area contributed by atoms with E-state index in [2.05, 4.69) is 0 Å². The van der Waals surface area contributed by atoms with Gasteiger partial charge in [-0.05, 0) is 54.5 Å². The van der Waals surface area contributed by atoms with E-state index in [9.17, 15) is 4.79 Å². The Bertz CT molecular complexity index is 817. The van der Waals surface area contributed by atoms with Gasteiger partial charge in [-0.3, -0.25) is 0 Å². The van der Waals surface area contributed by atoms with E-state index in [4.69, 9.17) is 18.8 Å². The first-order chi connectivity index (χ1) is 15.2. The number of halogens is 1. The molecule has 9 heteroatoms. The normalized spacial score (nSPS) is 19.7. The third-order valence-electron chi connectivity index (χ3n) is 6.08. The van der Waals surface area contributed by atoms with Crippen molar-refractivity contribution >= 4 is 24.4 Å². The van der Waals surface area contributed by atoms with Crippen molar-refractivity contribution in [2.45, 2.75) is 79.1 Å². The van der Waals surface area contributed by atoms with E-state index >= 15 is 4.39 Å². The Morgan fingerprint density at radius 1 is 1.03 bits per heavy atom. The molecule has 3 rings (SSSR count). The Hall–Kier alpha value is -2.00. The number of rotatable bonds is 3. The van der Waals surface area contributed by atoms with Crippen molar-refractivity contribution in [2.24, 2.45) is 0 Å². The Labute approximate surface area is 198 Å². The van der Waals surface area contributed by atoms with Crippen LogP contribution in [0, 0.1) is 5.82 Å². The van der Waals surface area contributed by atoms with E-state index in [-0.39, 0.29) is 11.9 Å². The van der Waals surface area contributed by atoms with Gasteiger partial charge in [-0.2, -0.15) is 0 Å². The minimum atomic E-state index is -0.715. The highest BCUT2D eigenvalue weighted by molar-refractivity contribution is 6.63. The highest BCUT2D eigenvalue weighted by Gasteiger charge is 2.52. The molecule has 0 radical (unpaired) electrons. The first-order valence-electron chi connectivity index (χ1n) is 11.7. The minimum Gasteiger partial charge on any atom is -0.497 e. The van der Waals surface area contributed by atoms with Gasteiger partial charge in [-0.15, -0.1) is 0 Å². The SMILES string of the molecule is CC.COc1cc(N2CCN(C(=O)OC(C)(C)C)CC2)c(F)cc1B1OC(C)(C)C(C)(C)O1. The lowest BCUT2D eigenvalue weighted by atomic mass is 9.78. The summed E-state index contributed by atoms with van der Waals surface area (Å²) in [5.74, 6) is 0.126. The zero-order valence-corrected chi connectivity index (χ0v) is 21.9. The molecule has 2 heterocycles. The molecule has 1 aromatic carbocycles. The summed E-state index contributed by atoms with van der Waals surface area (Å²) in [6.45, 7) is 19.2. The van der Waals surface area contributed by atoms with Crippen LogP contribution in [0.2, 0.25) is 0 Å². The van der Waals surface area contributed by atoms with Gasteiger partial charge in [0, 0.05) is 37.7 Å². The van der Waals surface area contributed by atoms with Crippen LogP contribution in [-0.4, -0.2) is 68.2 Å². The molecule has 2 fully saturated rings. The van der Waals surface area contributed by atoms with Crippen LogP contribution in [0.4, 0.5) is 14.9 Å². The number of ether oxygens (including phenoxy) is 2. The van der Waals surface area contributed by atoms with Crippen molar-refractivity contribution < 1.29 is 28.0 Å². The van der Waals surface area contributed by atoms with Crippen LogP contribution in [0.1, 0.15) is 62.3 Å². The fourth-order valence-corrected chi connectivity index (χ4v) is 3.59. The predicted octanol–water partition coefficient (Wildman–Crippen LogP) is 4.22. The molecule has 0 saturated carbocycles. The van der Waals surface area contributed by atoms with E-state index in [0.717, 1.165) is 0 Å². The molecule has 2 aliphatic heterocycles. The summed E-state index contributed by atoms with van der Waals surface area (Å²) < 4.78 is 38.3. The molecule has 2 aliphatic rings. The van der Waals surface area contributed by atoms with Gasteiger partial charge in [0.05, 0.1) is 24.0 Å². The largest absolute Gasteiger partial charge is 0.498 e. The van der Waals surface area contributed by atoms with Gasteiger partial charge in [0.15, 0.2) is 0 Å². The van der Waals surface area contributed by atoms with Crippen molar-refractivity contribution in [3.63, 3.8) is 0 Å². The highest BCUT2D eigenvalue weighted by atomic mass is 19.1. The fourth-order valence-electron chi connectivity index (χ4n) is 3.59. The number of carbonyl (C=O) groups is 1. The number of benzene rings is 1. The third-order valence-corrected chi connectivity index (χ3v) is 6.08. The molecule has 0 spiro atoms. The van der Waals surface area contributed by atoms with Crippen LogP contribution in [0.5, 0.6) is 5.75 Å². The first kappa shape index (κ1) is 27.3. The van der Waals surface area contributed by atoms with Gasteiger partial charge in [0.25, 0.3) is 0 Å². The zero-order chi connectivity index (χ0) is 25.2. The predicted molar refractivity (Wildman–Crippen MR) is 130 cm³/mol. The second-order valence-corrected chi connectivity index (χ2v) is 10.1. The maximum Gasteiger partial charge on any atom is 0.498 e. The molecule has 0 aliphatic carbocycles. The van der Waals surface area contributed by atoms with E-state index in [0.29, 0.717) is 43.1 Å². The molecule has 1 amide bonds. The second-order valence-electron chi connectivity index (χ2n) is 10.1. The summed E-state index contributed by atoms with van der Waals surface area (Å²) in [4.78, 5) is 15.8. The second kappa shape index (κ2) is 10.1.